The van der Waals surface area contributed by atoms with Crippen molar-refractivity contribution < 1.29 is 13.3 Å². The molecule has 1 aliphatic heterocycles. The minimum absolute atomic E-state index is 0.115. The van der Waals surface area contributed by atoms with Crippen LogP contribution in [0.4, 0.5) is 11.4 Å². The first-order valence-electron chi connectivity index (χ1n) is 5.95. The summed E-state index contributed by atoms with van der Waals surface area (Å²) in [6.07, 6.45) is 0.622. The summed E-state index contributed by atoms with van der Waals surface area (Å²) >= 11 is 6.45. The van der Waals surface area contributed by atoms with Crippen molar-refractivity contribution >= 4 is 44.3 Å². The lowest BCUT2D eigenvalue weighted by atomic mass is 10.2. The van der Waals surface area contributed by atoms with E-state index in [0.29, 0.717) is 30.0 Å². The molecular formula is C12H9ClN2O4S2. The Bertz CT molecular complexity index is 832. The van der Waals surface area contributed by atoms with E-state index >= 15 is 0 Å². The van der Waals surface area contributed by atoms with E-state index in [1.807, 2.05) is 12.1 Å². The first kappa shape index (κ1) is 14.3. The van der Waals surface area contributed by atoms with E-state index in [-0.39, 0.29) is 14.2 Å². The maximum atomic E-state index is 12.6. The highest BCUT2D eigenvalue weighted by Gasteiger charge is 2.34. The lowest BCUT2D eigenvalue weighted by Gasteiger charge is -2.17. The molecule has 0 N–H and O–H groups in total. The van der Waals surface area contributed by atoms with Crippen LogP contribution in [0.1, 0.15) is 5.56 Å². The minimum atomic E-state index is -3.82. The van der Waals surface area contributed by atoms with Crippen LogP contribution in [0, 0.1) is 10.1 Å². The number of thiophene rings is 1. The van der Waals surface area contributed by atoms with Crippen molar-refractivity contribution in [2.24, 2.45) is 0 Å². The van der Waals surface area contributed by atoms with E-state index in [1.54, 1.807) is 12.1 Å². The highest BCUT2D eigenvalue weighted by molar-refractivity contribution is 7.94. The molecule has 2 heterocycles. The van der Waals surface area contributed by atoms with Gasteiger partial charge in [0.1, 0.15) is 4.21 Å². The summed E-state index contributed by atoms with van der Waals surface area (Å²) in [5.74, 6) is 0. The van der Waals surface area contributed by atoms with Gasteiger partial charge in [0.25, 0.3) is 15.7 Å². The number of rotatable bonds is 3. The van der Waals surface area contributed by atoms with E-state index in [2.05, 4.69) is 0 Å². The summed E-state index contributed by atoms with van der Waals surface area (Å²) in [7, 11) is -3.82. The zero-order valence-corrected chi connectivity index (χ0v) is 12.9. The SMILES string of the molecule is O=[N+]([O-])c1cc(S(=O)(=O)N2CCc3ccccc32)sc1Cl. The molecule has 0 saturated heterocycles. The molecule has 0 saturated carbocycles. The molecule has 0 spiro atoms. The number of para-hydroxylation sites is 1. The van der Waals surface area contributed by atoms with Crippen LogP contribution in [0.5, 0.6) is 0 Å². The number of fused-ring (bicyclic) bond motifs is 1. The summed E-state index contributed by atoms with van der Waals surface area (Å²) in [5, 5.41) is 10.8. The van der Waals surface area contributed by atoms with Gasteiger partial charge >= 0.3 is 0 Å². The summed E-state index contributed by atoms with van der Waals surface area (Å²) in [6.45, 7) is 0.324. The molecular weight excluding hydrogens is 336 g/mol. The smallest absolute Gasteiger partial charge is 0.265 e. The Kier molecular flexibility index (Phi) is 3.39. The van der Waals surface area contributed by atoms with Gasteiger partial charge in [0, 0.05) is 12.6 Å². The zero-order valence-electron chi connectivity index (χ0n) is 10.5. The average molecular weight is 345 g/mol. The fourth-order valence-electron chi connectivity index (χ4n) is 2.26. The van der Waals surface area contributed by atoms with Crippen molar-refractivity contribution in [2.75, 3.05) is 10.8 Å². The lowest BCUT2D eigenvalue weighted by Crippen LogP contribution is -2.28. The van der Waals surface area contributed by atoms with Crippen LogP contribution in [-0.4, -0.2) is 19.9 Å². The van der Waals surface area contributed by atoms with Crippen LogP contribution >= 0.6 is 22.9 Å². The van der Waals surface area contributed by atoms with Crippen LogP contribution in [0.3, 0.4) is 0 Å². The minimum Gasteiger partial charge on any atom is -0.265 e. The highest BCUT2D eigenvalue weighted by atomic mass is 35.5. The van der Waals surface area contributed by atoms with Gasteiger partial charge in [0.15, 0.2) is 4.34 Å². The van der Waals surface area contributed by atoms with Gasteiger partial charge in [-0.1, -0.05) is 29.8 Å². The van der Waals surface area contributed by atoms with Gasteiger partial charge in [-0.3, -0.25) is 14.4 Å². The molecule has 6 nitrogen and oxygen atoms in total. The van der Waals surface area contributed by atoms with Crippen LogP contribution in [0.25, 0.3) is 0 Å². The van der Waals surface area contributed by atoms with Gasteiger partial charge < -0.3 is 0 Å². The van der Waals surface area contributed by atoms with E-state index in [4.69, 9.17) is 11.6 Å². The Hall–Kier alpha value is -1.64. The van der Waals surface area contributed by atoms with Crippen molar-refractivity contribution in [2.45, 2.75) is 10.6 Å². The fraction of sp³-hybridized carbons (Fsp3) is 0.167. The molecule has 0 atom stereocenters. The van der Waals surface area contributed by atoms with Gasteiger partial charge in [-0.25, -0.2) is 8.42 Å². The first-order valence-corrected chi connectivity index (χ1v) is 8.59. The maximum Gasteiger partial charge on any atom is 0.300 e. The lowest BCUT2D eigenvalue weighted by molar-refractivity contribution is -0.384. The van der Waals surface area contributed by atoms with Crippen molar-refractivity contribution in [3.05, 3.63) is 50.3 Å². The van der Waals surface area contributed by atoms with E-state index in [0.717, 1.165) is 11.6 Å². The fourth-order valence-corrected chi connectivity index (χ4v) is 5.54. The molecule has 3 rings (SSSR count). The quantitative estimate of drug-likeness (QED) is 0.633. The highest BCUT2D eigenvalue weighted by Crippen LogP contribution is 2.40. The number of nitrogens with zero attached hydrogens (tertiary/aromatic N) is 2. The normalized spacial score (nSPS) is 14.2. The van der Waals surface area contributed by atoms with E-state index < -0.39 is 14.9 Å². The molecule has 0 unspecified atom stereocenters. The number of halogens is 1. The molecule has 0 aliphatic carbocycles. The number of benzene rings is 1. The predicted octanol–water partition coefficient (Wildman–Crippen LogP) is 3.06. The van der Waals surface area contributed by atoms with Gasteiger partial charge in [-0.15, -0.1) is 11.3 Å². The van der Waals surface area contributed by atoms with E-state index in [9.17, 15) is 18.5 Å². The monoisotopic (exact) mass is 344 g/mol. The largest absolute Gasteiger partial charge is 0.300 e. The van der Waals surface area contributed by atoms with Gasteiger partial charge in [0.2, 0.25) is 0 Å². The Morgan fingerprint density at radius 1 is 1.33 bits per heavy atom. The second-order valence-corrected chi connectivity index (χ2v) is 8.18. The number of hydrogen-bond acceptors (Lipinski definition) is 5. The molecule has 1 aromatic heterocycles. The third kappa shape index (κ3) is 2.29. The Morgan fingerprint density at radius 2 is 2.05 bits per heavy atom. The molecule has 21 heavy (non-hydrogen) atoms. The summed E-state index contributed by atoms with van der Waals surface area (Å²) < 4.78 is 26.3. The first-order chi connectivity index (χ1) is 9.91. The number of sulfonamides is 1. The Labute approximate surface area is 129 Å². The molecule has 0 fully saturated rings. The van der Waals surface area contributed by atoms with Crippen LogP contribution < -0.4 is 4.31 Å². The standard InChI is InChI=1S/C12H9ClN2O4S2/c13-12-10(15(16)17)7-11(20-12)21(18,19)14-6-5-8-3-1-2-4-9(8)14/h1-4,7H,5-6H2. The number of nitro groups is 1. The molecule has 0 amide bonds. The molecule has 1 aliphatic rings. The molecule has 1 aromatic carbocycles. The molecule has 0 bridgehead atoms. The molecule has 0 radical (unpaired) electrons. The molecule has 2 aromatic rings. The summed E-state index contributed by atoms with van der Waals surface area (Å²) in [6, 6.07) is 8.22. The van der Waals surface area contributed by atoms with Gasteiger partial charge in [0.05, 0.1) is 10.6 Å². The molecule has 9 heteroatoms. The second kappa shape index (κ2) is 4.97. The van der Waals surface area contributed by atoms with Crippen LogP contribution in [0.15, 0.2) is 34.5 Å². The van der Waals surface area contributed by atoms with E-state index in [1.165, 1.54) is 4.31 Å². The number of hydrogen-bond donors (Lipinski definition) is 0. The third-order valence-corrected chi connectivity index (χ3v) is 6.83. The topological polar surface area (TPSA) is 80.5 Å². The number of anilines is 1. The van der Waals surface area contributed by atoms with Crippen LogP contribution in [-0.2, 0) is 16.4 Å². The summed E-state index contributed by atoms with van der Waals surface area (Å²) in [4.78, 5) is 10.1. The Balaban J connectivity index is 2.06. The molecule has 110 valence electrons. The Morgan fingerprint density at radius 3 is 2.71 bits per heavy atom. The van der Waals surface area contributed by atoms with Crippen molar-refractivity contribution in [1.82, 2.24) is 0 Å². The van der Waals surface area contributed by atoms with Gasteiger partial charge in [-0.2, -0.15) is 0 Å². The summed E-state index contributed by atoms with van der Waals surface area (Å²) in [5.41, 5.74) is 1.18. The zero-order chi connectivity index (χ0) is 15.2. The third-order valence-electron chi connectivity index (χ3n) is 3.23. The van der Waals surface area contributed by atoms with Crippen molar-refractivity contribution in [1.29, 1.82) is 0 Å². The van der Waals surface area contributed by atoms with Crippen LogP contribution in [0.2, 0.25) is 4.34 Å². The second-order valence-electron chi connectivity index (χ2n) is 4.44. The maximum absolute atomic E-state index is 12.6. The predicted molar refractivity (Wildman–Crippen MR) is 80.7 cm³/mol. The van der Waals surface area contributed by atoms with Crippen molar-refractivity contribution in [3.63, 3.8) is 0 Å². The van der Waals surface area contributed by atoms with Gasteiger partial charge in [-0.05, 0) is 18.1 Å². The van der Waals surface area contributed by atoms with Crippen molar-refractivity contribution in [3.8, 4) is 0 Å². The average Bonchev–Trinajstić information content (AvgIpc) is 3.02.